The molecule has 6 nitrogen and oxygen atoms in total. The molecule has 0 spiro atoms. The molecule has 0 saturated carbocycles. The van der Waals surface area contributed by atoms with E-state index in [9.17, 15) is 14.6 Å². The van der Waals surface area contributed by atoms with Gasteiger partial charge in [0.2, 0.25) is 4.90 Å². The van der Waals surface area contributed by atoms with Crippen LogP contribution in [0.5, 0.6) is 5.75 Å². The monoisotopic (exact) mass is 433 g/mol. The minimum Gasteiger partial charge on any atom is -0.593 e. The average molecular weight is 434 g/mol. The van der Waals surface area contributed by atoms with Crippen molar-refractivity contribution in [1.82, 2.24) is 9.29 Å². The largest absolute Gasteiger partial charge is 0.593 e. The molecule has 2 heterocycles. The smallest absolute Gasteiger partial charge is 0.216 e. The van der Waals surface area contributed by atoms with Crippen molar-refractivity contribution < 1.29 is 14.1 Å². The fraction of sp³-hybridized carbons (Fsp3) is 0.333. The lowest BCUT2D eigenvalue weighted by atomic mass is 9.71. The van der Waals surface area contributed by atoms with Crippen LogP contribution in [0, 0.1) is 11.3 Å². The van der Waals surface area contributed by atoms with Gasteiger partial charge in [-0.05, 0) is 36.6 Å². The third-order valence-corrected chi connectivity index (χ3v) is 8.02. The van der Waals surface area contributed by atoms with Crippen molar-refractivity contribution in [3.63, 3.8) is 0 Å². The molecule has 1 aliphatic heterocycles. The van der Waals surface area contributed by atoms with Gasteiger partial charge in [0.25, 0.3) is 0 Å². The second-order valence-corrected chi connectivity index (χ2v) is 10.1. The molecule has 1 aromatic heterocycles. The second kappa shape index (κ2) is 7.13. The quantitative estimate of drug-likeness (QED) is 0.630. The number of rotatable bonds is 3. The van der Waals surface area contributed by atoms with Crippen molar-refractivity contribution >= 4 is 28.0 Å². The van der Waals surface area contributed by atoms with Crippen LogP contribution < -0.4 is 4.74 Å². The summed E-state index contributed by atoms with van der Waals surface area (Å²) in [4.78, 5) is 17.6. The number of hydrogen-bond acceptors (Lipinski definition) is 5. The van der Waals surface area contributed by atoms with Crippen LogP contribution in [-0.2, 0) is 16.8 Å². The summed E-state index contributed by atoms with van der Waals surface area (Å²) < 4.78 is 20.8. The van der Waals surface area contributed by atoms with Crippen LogP contribution in [0.1, 0.15) is 59.4 Å². The number of carbonyl (C=O) groups excluding carboxylic acids is 1. The Hall–Kier alpha value is -2.79. The summed E-state index contributed by atoms with van der Waals surface area (Å²) in [6.45, 7) is 5.68. The predicted octanol–water partition coefficient (Wildman–Crippen LogP) is 4.04. The van der Waals surface area contributed by atoms with E-state index in [4.69, 9.17) is 4.74 Å². The standard InChI is InChI=1S/C24H23N3O3S/c1-24(2)17-12-19(30-3)20(31(29)27-8-4-5-9-27)11-16(17)22(28)21-15-7-6-14(13-25)10-18(15)26-23(21)24/h6-7,10-12,26H,4-5,8-9H2,1-3H3. The number of nitrogens with zero attached hydrogens (tertiary/aromatic N) is 2. The molecule has 1 saturated heterocycles. The molecule has 2 aliphatic rings. The molecule has 7 heteroatoms. The predicted molar refractivity (Wildman–Crippen MR) is 119 cm³/mol. The van der Waals surface area contributed by atoms with Crippen molar-refractivity contribution in [2.24, 2.45) is 0 Å². The summed E-state index contributed by atoms with van der Waals surface area (Å²) in [6.07, 6.45) is 2.04. The summed E-state index contributed by atoms with van der Waals surface area (Å²) in [7, 11) is 1.57. The van der Waals surface area contributed by atoms with Crippen LogP contribution in [0.3, 0.4) is 0 Å². The zero-order valence-corrected chi connectivity index (χ0v) is 18.6. The first-order chi connectivity index (χ1) is 14.9. The molecular weight excluding hydrogens is 410 g/mol. The summed E-state index contributed by atoms with van der Waals surface area (Å²) in [6, 6.07) is 11.1. The molecule has 0 amide bonds. The number of aromatic amines is 1. The normalized spacial score (nSPS) is 18.5. The summed E-state index contributed by atoms with van der Waals surface area (Å²) >= 11 is -1.38. The molecule has 31 heavy (non-hydrogen) atoms. The van der Waals surface area contributed by atoms with Gasteiger partial charge < -0.3 is 14.3 Å². The molecule has 1 fully saturated rings. The van der Waals surface area contributed by atoms with Gasteiger partial charge in [0.15, 0.2) is 11.5 Å². The highest BCUT2D eigenvalue weighted by atomic mass is 32.2. The number of nitrogens with one attached hydrogen (secondary N) is 1. The molecule has 3 aromatic rings. The topological polar surface area (TPSA) is 92.2 Å². The summed E-state index contributed by atoms with van der Waals surface area (Å²) in [5.74, 6) is 0.443. The van der Waals surface area contributed by atoms with Crippen molar-refractivity contribution in [3.8, 4) is 11.8 Å². The van der Waals surface area contributed by atoms with Crippen LogP contribution in [0.15, 0.2) is 35.2 Å². The third-order valence-electron chi connectivity index (χ3n) is 6.49. The van der Waals surface area contributed by atoms with E-state index < -0.39 is 16.8 Å². The van der Waals surface area contributed by atoms with Crippen LogP contribution >= 0.6 is 0 Å². The number of methoxy groups -OCH3 is 1. The number of ether oxygens (including phenoxy) is 1. The fourth-order valence-corrected chi connectivity index (χ4v) is 6.20. The van der Waals surface area contributed by atoms with E-state index in [0.717, 1.165) is 48.1 Å². The summed E-state index contributed by atoms with van der Waals surface area (Å²) in [5, 5.41) is 10.1. The van der Waals surface area contributed by atoms with Crippen LogP contribution in [0.25, 0.3) is 10.9 Å². The Labute approximate surface area is 184 Å². The number of nitriles is 1. The van der Waals surface area contributed by atoms with Crippen molar-refractivity contribution in [3.05, 3.63) is 58.3 Å². The van der Waals surface area contributed by atoms with E-state index in [1.54, 1.807) is 25.3 Å². The first-order valence-electron chi connectivity index (χ1n) is 10.4. The lowest BCUT2D eigenvalue weighted by Gasteiger charge is -2.33. The molecule has 5 rings (SSSR count). The molecular formula is C24H23N3O3S. The molecule has 0 radical (unpaired) electrons. The zero-order chi connectivity index (χ0) is 21.9. The van der Waals surface area contributed by atoms with Gasteiger partial charge in [-0.1, -0.05) is 19.9 Å². The first kappa shape index (κ1) is 20.1. The second-order valence-electron chi connectivity index (χ2n) is 8.64. The van der Waals surface area contributed by atoms with Gasteiger partial charge in [-0.2, -0.15) is 5.26 Å². The van der Waals surface area contributed by atoms with Crippen molar-refractivity contribution in [1.29, 1.82) is 5.26 Å². The maximum atomic E-state index is 13.7. The minimum absolute atomic E-state index is 0.0948. The maximum absolute atomic E-state index is 13.7. The highest BCUT2D eigenvalue weighted by Gasteiger charge is 2.42. The molecule has 1 aliphatic carbocycles. The Balaban J connectivity index is 1.72. The van der Waals surface area contributed by atoms with Gasteiger partial charge in [0.05, 0.1) is 35.7 Å². The van der Waals surface area contributed by atoms with Crippen LogP contribution in [-0.4, -0.2) is 39.8 Å². The Morgan fingerprint density at radius 2 is 1.97 bits per heavy atom. The van der Waals surface area contributed by atoms with Gasteiger partial charge in [0.1, 0.15) is 0 Å². The molecule has 2 aromatic carbocycles. The molecule has 1 atom stereocenters. The van der Waals surface area contributed by atoms with Crippen molar-refractivity contribution in [2.45, 2.75) is 37.0 Å². The Morgan fingerprint density at radius 3 is 2.65 bits per heavy atom. The number of fused-ring (bicyclic) bond motifs is 4. The van der Waals surface area contributed by atoms with Crippen LogP contribution in [0.4, 0.5) is 0 Å². The van der Waals surface area contributed by atoms with E-state index in [2.05, 4.69) is 24.9 Å². The molecule has 0 bridgehead atoms. The lowest BCUT2D eigenvalue weighted by molar-refractivity contribution is 0.103. The van der Waals surface area contributed by atoms with Crippen molar-refractivity contribution in [2.75, 3.05) is 20.2 Å². The van der Waals surface area contributed by atoms with E-state index >= 15 is 0 Å². The lowest BCUT2D eigenvalue weighted by Crippen LogP contribution is -2.32. The first-order valence-corrected chi connectivity index (χ1v) is 11.5. The maximum Gasteiger partial charge on any atom is 0.216 e. The highest BCUT2D eigenvalue weighted by Crippen LogP contribution is 2.46. The fourth-order valence-electron chi connectivity index (χ4n) is 4.79. The number of hydrogen-bond donors (Lipinski definition) is 1. The van der Waals surface area contributed by atoms with E-state index in [-0.39, 0.29) is 5.78 Å². The molecule has 1 N–H and O–H groups in total. The summed E-state index contributed by atoms with van der Waals surface area (Å²) in [5.41, 5.74) is 3.67. The number of H-pyrrole nitrogens is 1. The highest BCUT2D eigenvalue weighted by molar-refractivity contribution is 7.89. The Morgan fingerprint density at radius 1 is 1.23 bits per heavy atom. The zero-order valence-electron chi connectivity index (χ0n) is 17.7. The van der Waals surface area contributed by atoms with Gasteiger partial charge in [0, 0.05) is 46.7 Å². The van der Waals surface area contributed by atoms with Gasteiger partial charge in [-0.15, -0.1) is 4.31 Å². The number of ketones is 1. The third kappa shape index (κ3) is 2.90. The number of benzene rings is 2. The number of aromatic nitrogens is 1. The minimum atomic E-state index is -1.38. The number of carbonyl (C=O) groups is 1. The van der Waals surface area contributed by atoms with E-state index in [1.807, 2.05) is 16.4 Å². The van der Waals surface area contributed by atoms with E-state index in [1.165, 1.54) is 0 Å². The van der Waals surface area contributed by atoms with Crippen LogP contribution in [0.2, 0.25) is 0 Å². The van der Waals surface area contributed by atoms with Gasteiger partial charge in [-0.3, -0.25) is 4.79 Å². The van der Waals surface area contributed by atoms with Gasteiger partial charge >= 0.3 is 0 Å². The Bertz CT molecular complexity index is 1270. The Kier molecular flexibility index (Phi) is 4.63. The molecule has 158 valence electrons. The average Bonchev–Trinajstić information content (AvgIpc) is 3.44. The van der Waals surface area contributed by atoms with Gasteiger partial charge in [-0.25, -0.2) is 0 Å². The SMILES string of the molecule is COc1cc2c(cc1[S+]([O-])N1CCCC1)C(=O)c1c([nH]c3cc(C#N)ccc13)C2(C)C. The molecule has 1 unspecified atom stereocenters. The van der Waals surface area contributed by atoms with E-state index in [0.29, 0.717) is 27.3 Å².